The van der Waals surface area contributed by atoms with E-state index >= 15 is 0 Å². The largest absolute Gasteiger partial charge is 0.504 e. The summed E-state index contributed by atoms with van der Waals surface area (Å²) in [6.45, 7) is 6.67. The zero-order chi connectivity index (χ0) is 26.7. The molecule has 3 heterocycles. The van der Waals surface area contributed by atoms with Crippen LogP contribution in [0, 0.1) is 18.8 Å². The molecule has 7 rings (SSSR count). The van der Waals surface area contributed by atoms with Gasteiger partial charge in [-0.05, 0) is 44.5 Å². The third-order valence-electron chi connectivity index (χ3n) is 8.03. The zero-order valence-corrected chi connectivity index (χ0v) is 24.6. The summed E-state index contributed by atoms with van der Waals surface area (Å²) < 4.78 is 4.51. The van der Waals surface area contributed by atoms with Crippen LogP contribution in [0.1, 0.15) is 25.1 Å². The fraction of sp³-hybridized carbons (Fsp3) is 0.143. The summed E-state index contributed by atoms with van der Waals surface area (Å²) >= 11 is 0. The number of pyridine rings is 1. The van der Waals surface area contributed by atoms with Gasteiger partial charge in [-0.15, -0.1) is 34.8 Å². The second-order valence-corrected chi connectivity index (χ2v) is 10.8. The van der Waals surface area contributed by atoms with Crippen LogP contribution >= 0.6 is 0 Å². The first-order valence-electron chi connectivity index (χ1n) is 13.3. The van der Waals surface area contributed by atoms with Gasteiger partial charge in [0.2, 0.25) is 0 Å². The third-order valence-corrected chi connectivity index (χ3v) is 8.03. The summed E-state index contributed by atoms with van der Waals surface area (Å²) in [5.74, 6) is 0. The Bertz CT molecular complexity index is 1870. The van der Waals surface area contributed by atoms with Gasteiger partial charge < -0.3 is 14.4 Å². The molecule has 0 fully saturated rings. The van der Waals surface area contributed by atoms with Gasteiger partial charge >= 0.3 is 0 Å². The summed E-state index contributed by atoms with van der Waals surface area (Å²) in [7, 11) is 4.19. The maximum Gasteiger partial charge on any atom is 0.189 e. The Morgan fingerprint density at radius 1 is 0.725 bits per heavy atom. The van der Waals surface area contributed by atoms with Crippen molar-refractivity contribution >= 4 is 38.9 Å². The van der Waals surface area contributed by atoms with Gasteiger partial charge in [-0.2, -0.15) is 30.9 Å². The van der Waals surface area contributed by atoms with Crippen LogP contribution in [-0.4, -0.2) is 11.6 Å². The van der Waals surface area contributed by atoms with Gasteiger partial charge in [0.25, 0.3) is 0 Å². The smallest absolute Gasteiger partial charge is 0.189 e. The van der Waals surface area contributed by atoms with E-state index in [4.69, 9.17) is 0 Å². The first-order valence-corrected chi connectivity index (χ1v) is 13.3. The zero-order valence-electron chi connectivity index (χ0n) is 23.0. The molecule has 0 N–H and O–H groups in total. The monoisotopic (exact) mass is 612 g/mol. The van der Waals surface area contributed by atoms with Crippen LogP contribution < -0.4 is 14.4 Å². The molecule has 0 radical (unpaired) electrons. The number of fused-ring (bicyclic) bond motifs is 4. The minimum Gasteiger partial charge on any atom is -0.504 e. The number of nitrogens with zero attached hydrogens (tertiary/aromatic N) is 4. The summed E-state index contributed by atoms with van der Waals surface area (Å²) in [5, 5.41) is 2.40. The molecular formula is C35H30N4Pd-2. The number of hydrogen-bond donors (Lipinski definition) is 0. The first kappa shape index (κ1) is 26.3. The second kappa shape index (κ2) is 9.93. The van der Waals surface area contributed by atoms with Gasteiger partial charge in [0, 0.05) is 49.4 Å². The van der Waals surface area contributed by atoms with Gasteiger partial charge in [0.05, 0.1) is 5.41 Å². The Labute approximate surface area is 249 Å². The van der Waals surface area contributed by atoms with Crippen LogP contribution in [-0.2, 0) is 32.9 Å². The summed E-state index contributed by atoms with van der Waals surface area (Å²) in [4.78, 5) is 4.38. The molecule has 5 heteroatoms. The number of aromatic nitrogens is 2. The molecule has 0 saturated carbocycles. The molecule has 0 unspecified atom stereocenters. The Kier molecular flexibility index (Phi) is 6.53. The van der Waals surface area contributed by atoms with Crippen molar-refractivity contribution in [3.05, 3.63) is 133 Å². The number of para-hydroxylation sites is 3. The molecule has 0 spiro atoms. The Balaban J connectivity index is 0.00000289. The summed E-state index contributed by atoms with van der Waals surface area (Å²) in [5.41, 5.74) is 8.73. The molecule has 6 aromatic rings. The summed E-state index contributed by atoms with van der Waals surface area (Å²) in [6, 6.07) is 41.9. The first-order chi connectivity index (χ1) is 18.9. The van der Waals surface area contributed by atoms with Crippen molar-refractivity contribution in [3.63, 3.8) is 0 Å². The number of benzene rings is 4. The van der Waals surface area contributed by atoms with Crippen molar-refractivity contribution in [1.29, 1.82) is 0 Å². The van der Waals surface area contributed by atoms with Crippen LogP contribution in [0.4, 0.5) is 17.1 Å². The predicted octanol–water partition coefficient (Wildman–Crippen LogP) is 7.24. The third kappa shape index (κ3) is 4.04. The molecule has 0 aliphatic carbocycles. The molecule has 1 aliphatic rings. The molecular weight excluding hydrogens is 583 g/mol. The SMILES string of the molecule is CN1[CH-]N(c2[c-]c3c(cc2)c2ccccc2n3-c2[c-]c(C(C)(C)c3cccc[n+]3C)ccc2)c2ccccc21.[Pd]. The van der Waals surface area contributed by atoms with E-state index in [-0.39, 0.29) is 25.8 Å². The van der Waals surface area contributed by atoms with E-state index in [1.54, 1.807) is 0 Å². The van der Waals surface area contributed by atoms with E-state index in [0.29, 0.717) is 0 Å². The molecule has 4 aromatic carbocycles. The fourth-order valence-electron chi connectivity index (χ4n) is 5.99. The van der Waals surface area contributed by atoms with Gasteiger partial charge in [-0.3, -0.25) is 0 Å². The minimum absolute atomic E-state index is 0. The average molecular weight is 613 g/mol. The topological polar surface area (TPSA) is 15.3 Å². The van der Waals surface area contributed by atoms with E-state index in [1.165, 1.54) is 22.2 Å². The molecule has 0 amide bonds. The van der Waals surface area contributed by atoms with Crippen LogP contribution in [0.25, 0.3) is 27.5 Å². The van der Waals surface area contributed by atoms with Gasteiger partial charge in [0.15, 0.2) is 11.9 Å². The van der Waals surface area contributed by atoms with Crippen LogP contribution in [0.3, 0.4) is 0 Å². The van der Waals surface area contributed by atoms with E-state index < -0.39 is 0 Å². The Morgan fingerprint density at radius 2 is 1.48 bits per heavy atom. The normalized spacial score (nSPS) is 13.1. The Morgan fingerprint density at radius 3 is 2.30 bits per heavy atom. The van der Waals surface area contributed by atoms with E-state index in [9.17, 15) is 0 Å². The van der Waals surface area contributed by atoms with Gasteiger partial charge in [-0.25, -0.2) is 4.57 Å². The minimum atomic E-state index is -0.224. The van der Waals surface area contributed by atoms with E-state index in [2.05, 4.69) is 169 Å². The van der Waals surface area contributed by atoms with Gasteiger partial charge in [0.1, 0.15) is 7.05 Å². The maximum absolute atomic E-state index is 3.81. The molecule has 1 aliphatic heterocycles. The van der Waals surface area contributed by atoms with E-state index in [0.717, 1.165) is 33.7 Å². The quantitative estimate of drug-likeness (QED) is 0.118. The van der Waals surface area contributed by atoms with Crippen molar-refractivity contribution in [2.75, 3.05) is 16.8 Å². The van der Waals surface area contributed by atoms with Crippen molar-refractivity contribution in [2.24, 2.45) is 7.05 Å². The molecule has 2 aromatic heterocycles. The van der Waals surface area contributed by atoms with Crippen molar-refractivity contribution < 1.29 is 25.0 Å². The number of anilines is 3. The molecule has 4 nitrogen and oxygen atoms in total. The molecule has 202 valence electrons. The standard InChI is InChI=1S/C35H30N4.Pd/c1-35(2,34-18-9-10-21-36(34)3)25-12-11-13-27(22-25)39-30-15-6-5-14-28(30)29-20-19-26(23-33(29)39)38-24-37(4)31-16-7-8-17-32(31)38;/h5-21,24H,1-4H3;/q-2;. The van der Waals surface area contributed by atoms with Crippen LogP contribution in [0.2, 0.25) is 0 Å². The van der Waals surface area contributed by atoms with Gasteiger partial charge in [-0.1, -0.05) is 47.6 Å². The molecule has 0 bridgehead atoms. The van der Waals surface area contributed by atoms with Crippen molar-refractivity contribution in [1.82, 2.24) is 4.57 Å². The van der Waals surface area contributed by atoms with Crippen molar-refractivity contribution in [3.8, 4) is 5.69 Å². The number of rotatable bonds is 4. The van der Waals surface area contributed by atoms with Crippen LogP contribution in [0.5, 0.6) is 0 Å². The maximum atomic E-state index is 3.81. The summed E-state index contributed by atoms with van der Waals surface area (Å²) in [6.07, 6.45) is 2.11. The molecule has 40 heavy (non-hydrogen) atoms. The number of hydrogen-bond acceptors (Lipinski definition) is 2. The Hall–Kier alpha value is -3.91. The van der Waals surface area contributed by atoms with Crippen LogP contribution in [0.15, 0.2) is 103 Å². The van der Waals surface area contributed by atoms with E-state index in [1.807, 2.05) is 0 Å². The number of aryl methyl sites for hydroxylation is 1. The second-order valence-electron chi connectivity index (χ2n) is 10.8. The molecule has 0 saturated heterocycles. The average Bonchev–Trinajstić information content (AvgIpc) is 3.48. The molecule has 0 atom stereocenters. The predicted molar refractivity (Wildman–Crippen MR) is 159 cm³/mol. The van der Waals surface area contributed by atoms with Crippen molar-refractivity contribution in [2.45, 2.75) is 19.3 Å². The fourth-order valence-corrected chi connectivity index (χ4v) is 5.99.